The second kappa shape index (κ2) is 11.5. The third kappa shape index (κ3) is 4.88. The van der Waals surface area contributed by atoms with Crippen LogP contribution in [-0.4, -0.2) is 87.6 Å². The molecule has 0 saturated carbocycles. The van der Waals surface area contributed by atoms with Crippen LogP contribution in [0.1, 0.15) is 36.1 Å². The molecular weight excluding hydrogens is 587 g/mol. The van der Waals surface area contributed by atoms with Crippen LogP contribution in [0.15, 0.2) is 67.5 Å². The number of ether oxygens (including phenoxy) is 1. The number of aliphatic hydroxyl groups is 2. The highest BCUT2D eigenvalue weighted by molar-refractivity contribution is 7.87. The van der Waals surface area contributed by atoms with Crippen LogP contribution in [0.5, 0.6) is 0 Å². The first kappa shape index (κ1) is 29.3. The molecule has 8 rings (SSSR count). The standard InChI is InChI=1S/C16H20N4O3S.C15H15FN2O2/c1-17-24(22,23)19-7-6-13(15(21)9-19)16-12-5-3-2-4-11(12)14-8-18-10-20(14)16;16-9-1-2-10-11(5-9)15(18-8-17-6-13(10)18)12-7-20-4-3-14(12)19/h2-5,8,10,13,15-17,21H,6-7,9H2,1H3;1-2,5-6,8,12,14-15,19H,3-4,7H2. The molecule has 0 aliphatic carbocycles. The Bertz CT molecular complexity index is 1780. The zero-order chi connectivity index (χ0) is 30.6. The minimum atomic E-state index is -3.51. The molecule has 2 fully saturated rings. The average molecular weight is 623 g/mol. The summed E-state index contributed by atoms with van der Waals surface area (Å²) >= 11 is 0. The lowest BCUT2D eigenvalue weighted by Gasteiger charge is -2.38. The van der Waals surface area contributed by atoms with E-state index >= 15 is 0 Å². The number of aromatic nitrogens is 4. The van der Waals surface area contributed by atoms with E-state index in [1.807, 2.05) is 22.9 Å². The number of piperidine rings is 1. The molecule has 6 atom stereocenters. The Labute approximate surface area is 255 Å². The molecule has 2 aromatic heterocycles. The highest BCUT2D eigenvalue weighted by atomic mass is 32.2. The molecule has 0 amide bonds. The van der Waals surface area contributed by atoms with Crippen LogP contribution in [0.3, 0.4) is 0 Å². The summed E-state index contributed by atoms with van der Waals surface area (Å²) < 4.78 is 50.8. The summed E-state index contributed by atoms with van der Waals surface area (Å²) in [6, 6.07) is 12.8. The van der Waals surface area contributed by atoms with Crippen LogP contribution in [0.4, 0.5) is 4.39 Å². The largest absolute Gasteiger partial charge is 0.393 e. The van der Waals surface area contributed by atoms with Crippen molar-refractivity contribution in [3.63, 3.8) is 0 Å². The van der Waals surface area contributed by atoms with E-state index in [4.69, 9.17) is 4.74 Å². The second-order valence-electron chi connectivity index (χ2n) is 11.8. The zero-order valence-corrected chi connectivity index (χ0v) is 25.0. The Hall–Kier alpha value is -3.46. The van der Waals surface area contributed by atoms with Gasteiger partial charge in [-0.3, -0.25) is 0 Å². The normalized spacial score (nSPS) is 27.5. The number of nitrogens with zero attached hydrogens (tertiary/aromatic N) is 5. The number of aliphatic hydroxyl groups excluding tert-OH is 2. The van der Waals surface area contributed by atoms with E-state index in [1.54, 1.807) is 31.0 Å². The van der Waals surface area contributed by atoms with E-state index < -0.39 is 22.4 Å². The van der Waals surface area contributed by atoms with Crippen LogP contribution in [0.2, 0.25) is 0 Å². The highest BCUT2D eigenvalue weighted by Gasteiger charge is 2.42. The summed E-state index contributed by atoms with van der Waals surface area (Å²) in [6.45, 7) is 1.57. The molecule has 44 heavy (non-hydrogen) atoms. The van der Waals surface area contributed by atoms with E-state index in [9.17, 15) is 23.0 Å². The predicted molar refractivity (Wildman–Crippen MR) is 160 cm³/mol. The van der Waals surface area contributed by atoms with Gasteiger partial charge in [-0.2, -0.15) is 12.7 Å². The molecule has 11 nitrogen and oxygen atoms in total. The molecule has 6 heterocycles. The summed E-state index contributed by atoms with van der Waals surface area (Å²) in [5, 5.41) is 21.0. The molecule has 4 aliphatic rings. The molecule has 2 saturated heterocycles. The maximum atomic E-state index is 13.6. The number of fused-ring (bicyclic) bond motifs is 6. The van der Waals surface area contributed by atoms with Crippen LogP contribution in [-0.2, 0) is 14.9 Å². The summed E-state index contributed by atoms with van der Waals surface area (Å²) in [5.41, 5.74) is 6.24. The van der Waals surface area contributed by atoms with Gasteiger partial charge in [0.25, 0.3) is 10.2 Å². The van der Waals surface area contributed by atoms with Crippen molar-refractivity contribution < 1.29 is 27.8 Å². The number of halogens is 1. The van der Waals surface area contributed by atoms with Gasteiger partial charge < -0.3 is 24.1 Å². The van der Waals surface area contributed by atoms with Crippen LogP contribution in [0, 0.1) is 17.7 Å². The minimum Gasteiger partial charge on any atom is -0.393 e. The molecule has 0 bridgehead atoms. The highest BCUT2D eigenvalue weighted by Crippen LogP contribution is 2.46. The van der Waals surface area contributed by atoms with Crippen molar-refractivity contribution in [1.29, 1.82) is 0 Å². The summed E-state index contributed by atoms with van der Waals surface area (Å²) in [5.74, 6) is -0.372. The van der Waals surface area contributed by atoms with E-state index in [2.05, 4.69) is 31.4 Å². The third-order valence-electron chi connectivity index (χ3n) is 9.46. The van der Waals surface area contributed by atoms with Crippen molar-refractivity contribution in [2.24, 2.45) is 11.8 Å². The first-order valence-electron chi connectivity index (χ1n) is 14.8. The maximum Gasteiger partial charge on any atom is 0.279 e. The van der Waals surface area contributed by atoms with Gasteiger partial charge >= 0.3 is 0 Å². The molecular formula is C31H35FN6O5S. The van der Waals surface area contributed by atoms with Crippen molar-refractivity contribution in [2.45, 2.75) is 37.1 Å². The Morgan fingerprint density at radius 2 is 1.59 bits per heavy atom. The lowest BCUT2D eigenvalue weighted by atomic mass is 9.84. The SMILES string of the molecule is CNS(=O)(=O)N1CCC(C2c3ccccc3-c3cncn32)C(O)C1.OC1CCOCC1C1c2cc(F)ccc2-c2cncn21. The first-order valence-corrected chi connectivity index (χ1v) is 16.3. The number of benzene rings is 2. The maximum absolute atomic E-state index is 13.6. The molecule has 4 aromatic rings. The number of nitrogens with one attached hydrogen (secondary N) is 1. The lowest BCUT2D eigenvalue weighted by molar-refractivity contribution is -0.0481. The molecule has 3 N–H and O–H groups in total. The Morgan fingerprint density at radius 1 is 0.909 bits per heavy atom. The van der Waals surface area contributed by atoms with Crippen molar-refractivity contribution in [3.8, 4) is 22.5 Å². The van der Waals surface area contributed by atoms with Crippen LogP contribution < -0.4 is 4.72 Å². The number of hydrogen-bond acceptors (Lipinski definition) is 7. The minimum absolute atomic E-state index is 0.00635. The summed E-state index contributed by atoms with van der Waals surface area (Å²) in [4.78, 5) is 8.43. The van der Waals surface area contributed by atoms with E-state index in [-0.39, 0.29) is 36.3 Å². The van der Waals surface area contributed by atoms with Gasteiger partial charge in [0.2, 0.25) is 0 Å². The van der Waals surface area contributed by atoms with Gasteiger partial charge in [0.1, 0.15) is 5.82 Å². The van der Waals surface area contributed by atoms with E-state index in [0.29, 0.717) is 32.6 Å². The van der Waals surface area contributed by atoms with Crippen molar-refractivity contribution >= 4 is 10.2 Å². The Kier molecular flexibility index (Phi) is 7.63. The molecule has 0 radical (unpaired) electrons. The molecule has 2 aromatic carbocycles. The number of rotatable bonds is 4. The third-order valence-corrected chi connectivity index (χ3v) is 11.0. The van der Waals surface area contributed by atoms with Gasteiger partial charge in [0.05, 0.1) is 67.3 Å². The van der Waals surface area contributed by atoms with Gasteiger partial charge in [-0.25, -0.2) is 19.1 Å². The molecule has 0 spiro atoms. The van der Waals surface area contributed by atoms with Crippen LogP contribution >= 0.6 is 0 Å². The van der Waals surface area contributed by atoms with Gasteiger partial charge in [-0.1, -0.05) is 24.3 Å². The average Bonchev–Trinajstić information content (AvgIpc) is 3.80. The fourth-order valence-electron chi connectivity index (χ4n) is 7.33. The monoisotopic (exact) mass is 622 g/mol. The van der Waals surface area contributed by atoms with Crippen molar-refractivity contribution in [1.82, 2.24) is 28.1 Å². The Morgan fingerprint density at radius 3 is 2.27 bits per heavy atom. The number of hydrogen-bond donors (Lipinski definition) is 3. The van der Waals surface area contributed by atoms with Gasteiger partial charge in [-0.15, -0.1) is 0 Å². The summed E-state index contributed by atoms with van der Waals surface area (Å²) in [7, 11) is -2.12. The fraction of sp³-hybridized carbons (Fsp3) is 0.419. The topological polar surface area (TPSA) is 135 Å². The first-order chi connectivity index (χ1) is 21.3. The smallest absolute Gasteiger partial charge is 0.279 e. The van der Waals surface area contributed by atoms with Crippen LogP contribution in [0.25, 0.3) is 22.5 Å². The quantitative estimate of drug-likeness (QED) is 0.319. The molecule has 232 valence electrons. The van der Waals surface area contributed by atoms with E-state index in [1.165, 1.54) is 23.0 Å². The number of β-amino-alcohol motifs (C(OH)–C–C–N with tert-alkyl or cyclic N) is 1. The van der Waals surface area contributed by atoms with Crippen molar-refractivity contribution in [3.05, 3.63) is 84.5 Å². The van der Waals surface area contributed by atoms with Gasteiger partial charge in [0.15, 0.2) is 0 Å². The van der Waals surface area contributed by atoms with Gasteiger partial charge in [0, 0.05) is 49.7 Å². The van der Waals surface area contributed by atoms with Crippen molar-refractivity contribution in [2.75, 3.05) is 33.4 Å². The molecule has 13 heteroatoms. The van der Waals surface area contributed by atoms with Gasteiger partial charge in [-0.05, 0) is 42.2 Å². The molecule has 6 unspecified atom stereocenters. The Balaban J connectivity index is 0.000000144. The zero-order valence-electron chi connectivity index (χ0n) is 24.2. The fourth-order valence-corrected chi connectivity index (χ4v) is 8.28. The lowest BCUT2D eigenvalue weighted by Crippen LogP contribution is -2.51. The summed E-state index contributed by atoms with van der Waals surface area (Å²) in [6.07, 6.45) is 7.22. The number of imidazole rings is 2. The molecule has 4 aliphatic heterocycles. The second-order valence-corrected chi connectivity index (χ2v) is 13.6. The van der Waals surface area contributed by atoms with E-state index in [0.717, 1.165) is 28.1 Å². The predicted octanol–water partition coefficient (Wildman–Crippen LogP) is 2.59.